The van der Waals surface area contributed by atoms with Crippen molar-refractivity contribution in [3.05, 3.63) is 165 Å². The van der Waals surface area contributed by atoms with E-state index in [9.17, 15) is 0 Å². The second-order valence-electron chi connectivity index (χ2n) is 18.6. The molecule has 0 amide bonds. The van der Waals surface area contributed by atoms with Crippen LogP contribution in [0.15, 0.2) is 103 Å². The first kappa shape index (κ1) is 46.8. The topological polar surface area (TPSA) is 0 Å². The summed E-state index contributed by atoms with van der Waals surface area (Å²) in [6.45, 7) is 28.0. The van der Waals surface area contributed by atoms with E-state index in [1.807, 2.05) is 24.3 Å². The van der Waals surface area contributed by atoms with Crippen molar-refractivity contribution >= 4 is 25.6 Å². The molecule has 2 aliphatic carbocycles. The van der Waals surface area contributed by atoms with E-state index >= 15 is 0 Å². The minimum atomic E-state index is 0. The maximum absolute atomic E-state index is 5.96. The van der Waals surface area contributed by atoms with Gasteiger partial charge in [-0.25, -0.2) is 12.2 Å². The van der Waals surface area contributed by atoms with Gasteiger partial charge in [0.2, 0.25) is 0 Å². The number of benzene rings is 5. The molecule has 0 N–H and O–H groups in total. The molecular weight excluding hydrogens is 810 g/mol. The first-order chi connectivity index (χ1) is 24.7. The molecule has 0 radical (unpaired) electrons. The van der Waals surface area contributed by atoms with Crippen molar-refractivity contribution in [1.29, 1.82) is 0 Å². The number of rotatable bonds is 2. The van der Waals surface area contributed by atoms with Crippen LogP contribution in [0, 0.1) is 12.1 Å². The summed E-state index contributed by atoms with van der Waals surface area (Å²) in [5.74, 6) is 0. The largest absolute Gasteiger partial charge is 1.00 e. The van der Waals surface area contributed by atoms with Crippen molar-refractivity contribution in [2.45, 2.75) is 118 Å². The van der Waals surface area contributed by atoms with Crippen LogP contribution in [0.2, 0.25) is 5.02 Å². The van der Waals surface area contributed by atoms with Crippen LogP contribution in [0.3, 0.4) is 0 Å². The Morgan fingerprint density at radius 2 is 1.20 bits per heavy atom. The summed E-state index contributed by atoms with van der Waals surface area (Å²) in [5.41, 5.74) is 14.5. The van der Waals surface area contributed by atoms with E-state index in [1.165, 1.54) is 93.8 Å². The van der Waals surface area contributed by atoms with Crippen LogP contribution in [0.5, 0.6) is 0 Å². The van der Waals surface area contributed by atoms with Gasteiger partial charge in [-0.2, -0.15) is 23.8 Å². The summed E-state index contributed by atoms with van der Waals surface area (Å²) < 4.78 is 1.36. The SMILES string of the molecule is CC(C)(C)c1[c-]c2c(cc1C(C)(C)C)-c1cc(C(C)(C)C)c(C(C)(C)C)cc1C2.Clc1ccc([C](=[Zr+2])c2cccc3ccccc23)cc1.[C-]1=CC=CC1.[Cl-].[Cl-]. The number of hydrogen-bond acceptors (Lipinski definition) is 0. The Bertz CT molecular complexity index is 2080. The Hall–Kier alpha value is -2.54. The van der Waals surface area contributed by atoms with E-state index in [0.717, 1.165) is 17.9 Å². The Morgan fingerprint density at radius 3 is 1.73 bits per heavy atom. The fourth-order valence-corrected chi connectivity index (χ4v) is 8.25. The molecule has 0 heterocycles. The summed E-state index contributed by atoms with van der Waals surface area (Å²) in [6, 6.07) is 34.5. The molecule has 5 aromatic rings. The van der Waals surface area contributed by atoms with Gasteiger partial charge in [-0.15, -0.1) is 23.1 Å². The Labute approximate surface area is 365 Å². The Kier molecular flexibility index (Phi) is 15.6. The molecule has 0 saturated carbocycles. The molecule has 0 spiro atoms. The predicted octanol–water partition coefficient (Wildman–Crippen LogP) is 8.17. The third kappa shape index (κ3) is 11.3. The van der Waals surface area contributed by atoms with Crippen LogP contribution in [0.1, 0.15) is 134 Å². The Balaban J connectivity index is 0.000000267. The minimum Gasteiger partial charge on any atom is -1.00 e. The average Bonchev–Trinajstić information content (AvgIpc) is 3.78. The monoisotopic (exact) mass is 864 g/mol. The van der Waals surface area contributed by atoms with Crippen LogP contribution in [-0.2, 0) is 52.3 Å². The smallest absolute Gasteiger partial charge is 0.109 e. The molecule has 7 rings (SSSR count). The molecule has 0 nitrogen and oxygen atoms in total. The summed E-state index contributed by atoms with van der Waals surface area (Å²) in [6.07, 6.45) is 11.0. The van der Waals surface area contributed by atoms with E-state index in [1.54, 1.807) is 0 Å². The molecule has 0 atom stereocenters. The maximum atomic E-state index is 5.96. The molecule has 5 aromatic carbocycles. The van der Waals surface area contributed by atoms with Gasteiger partial charge in [-0.1, -0.05) is 106 Å². The van der Waals surface area contributed by atoms with E-state index in [-0.39, 0.29) is 46.5 Å². The number of allylic oxidation sites excluding steroid dienone is 4. The predicted molar refractivity (Wildman–Crippen MR) is 229 cm³/mol. The van der Waals surface area contributed by atoms with Gasteiger partial charge in [0, 0.05) is 0 Å². The molecule has 288 valence electrons. The van der Waals surface area contributed by atoms with Gasteiger partial charge in [-0.3, -0.25) is 6.08 Å². The minimum absolute atomic E-state index is 0. The molecule has 0 aliphatic heterocycles. The van der Waals surface area contributed by atoms with Crippen molar-refractivity contribution < 1.29 is 49.0 Å². The van der Waals surface area contributed by atoms with Gasteiger partial charge in [0.15, 0.2) is 0 Å². The quantitative estimate of drug-likeness (QED) is 0.154. The number of fused-ring (bicyclic) bond motifs is 4. The van der Waals surface area contributed by atoms with Crippen LogP contribution < -0.4 is 24.8 Å². The molecule has 4 heteroatoms. The van der Waals surface area contributed by atoms with Gasteiger partial charge in [-0.05, 0) is 39.4 Å². The van der Waals surface area contributed by atoms with Crippen molar-refractivity contribution in [2.75, 3.05) is 0 Å². The first-order valence-corrected chi connectivity index (χ1v) is 20.6. The van der Waals surface area contributed by atoms with E-state index < -0.39 is 0 Å². The third-order valence-corrected chi connectivity index (χ3v) is 11.6. The molecule has 0 saturated heterocycles. The first-order valence-electron chi connectivity index (χ1n) is 19.0. The zero-order chi connectivity index (χ0) is 38.9. The van der Waals surface area contributed by atoms with Gasteiger partial charge in [0.25, 0.3) is 0 Å². The van der Waals surface area contributed by atoms with Crippen LogP contribution in [0.25, 0.3) is 21.9 Å². The third-order valence-electron chi connectivity index (χ3n) is 10.0. The van der Waals surface area contributed by atoms with Crippen molar-refractivity contribution in [1.82, 2.24) is 0 Å². The van der Waals surface area contributed by atoms with Crippen molar-refractivity contribution in [3.63, 3.8) is 0 Å². The molecule has 0 unspecified atom stereocenters. The van der Waals surface area contributed by atoms with Crippen LogP contribution >= 0.6 is 11.6 Å². The Morgan fingerprint density at radius 1 is 0.636 bits per heavy atom. The molecule has 55 heavy (non-hydrogen) atoms. The molecule has 0 aromatic heterocycles. The standard InChI is InChI=1S/C29H41.C17H11Cl.C5H5.2ClH.Zr/c1-26(2,3)22-14-18-13-19-15-23(27(4,5)6)25(29(10,11)12)17-21(19)20(18)16-24(22)28(7,8)9;18-16-10-8-13(9-11-16)12-15-6-3-5-14-4-1-2-7-17(14)15;1-2-4-5-3-1;;;/h14,16-17H,13H2,1-12H3;1-11H;1-3H,4H2;2*1H;/q-1;;-1;;;+2/p-2. The summed E-state index contributed by atoms with van der Waals surface area (Å²) in [5, 5.41) is 3.38. The molecule has 0 fully saturated rings. The van der Waals surface area contributed by atoms with Gasteiger partial charge >= 0.3 is 133 Å². The fourth-order valence-electron chi connectivity index (χ4n) is 7.18. The zero-order valence-corrected chi connectivity index (χ0v) is 39.6. The normalized spacial score (nSPS) is 13.1. The van der Waals surface area contributed by atoms with Gasteiger partial charge in [0.05, 0.1) is 0 Å². The summed E-state index contributed by atoms with van der Waals surface area (Å²) in [4.78, 5) is 0. The molecule has 2 aliphatic rings. The zero-order valence-electron chi connectivity index (χ0n) is 34.9. The van der Waals surface area contributed by atoms with Crippen molar-refractivity contribution in [3.8, 4) is 11.1 Å². The fraction of sp³-hybridized carbons (Fsp3) is 0.353. The van der Waals surface area contributed by atoms with Crippen LogP contribution in [0.4, 0.5) is 0 Å². The number of halogens is 3. The van der Waals surface area contributed by atoms with Gasteiger partial charge in [0.1, 0.15) is 0 Å². The van der Waals surface area contributed by atoms with E-state index in [4.69, 9.17) is 11.6 Å². The van der Waals surface area contributed by atoms with E-state index in [0.29, 0.717) is 0 Å². The van der Waals surface area contributed by atoms with Gasteiger partial charge < -0.3 is 24.8 Å². The molecule has 0 bridgehead atoms. The van der Waals surface area contributed by atoms with E-state index in [2.05, 4.69) is 174 Å². The average molecular weight is 868 g/mol. The maximum Gasteiger partial charge on any atom is -0.109 e. The summed E-state index contributed by atoms with van der Waals surface area (Å²) in [7, 11) is 0. The second-order valence-corrected chi connectivity index (χ2v) is 20.3. The second kappa shape index (κ2) is 18.4. The molecular formula is C51H57Cl3Zr-2. The van der Waals surface area contributed by atoms with Crippen LogP contribution in [-0.4, -0.2) is 3.21 Å². The van der Waals surface area contributed by atoms with Crippen molar-refractivity contribution in [2.24, 2.45) is 0 Å². The summed E-state index contributed by atoms with van der Waals surface area (Å²) >= 11 is 7.37. The number of hydrogen-bond donors (Lipinski definition) is 0.